The first kappa shape index (κ1) is 25.7. The first-order chi connectivity index (χ1) is 18.5. The van der Waals surface area contributed by atoms with Crippen molar-refractivity contribution in [2.24, 2.45) is 11.8 Å². The minimum absolute atomic E-state index is 0.132. The maximum Gasteiger partial charge on any atom is 0.280 e. The molecule has 1 saturated heterocycles. The van der Waals surface area contributed by atoms with Gasteiger partial charge < -0.3 is 9.47 Å². The van der Waals surface area contributed by atoms with E-state index >= 15 is 0 Å². The van der Waals surface area contributed by atoms with Gasteiger partial charge in [0.25, 0.3) is 12.3 Å². The molecule has 1 aliphatic carbocycles. The molecule has 1 saturated carbocycles. The average Bonchev–Trinajstić information content (AvgIpc) is 3.67. The summed E-state index contributed by atoms with van der Waals surface area (Å²) in [7, 11) is 1.40. The van der Waals surface area contributed by atoms with E-state index in [4.69, 9.17) is 9.47 Å². The fourth-order valence-electron chi connectivity index (χ4n) is 3.78. The van der Waals surface area contributed by atoms with Crippen LogP contribution in [0.3, 0.4) is 0 Å². The number of ether oxygens (including phenoxy) is 2. The summed E-state index contributed by atoms with van der Waals surface area (Å²) in [5, 5.41) is 11.5. The van der Waals surface area contributed by atoms with Crippen molar-refractivity contribution in [2.45, 2.75) is 32.1 Å². The van der Waals surface area contributed by atoms with Crippen LogP contribution in [0.2, 0.25) is 0 Å². The summed E-state index contributed by atoms with van der Waals surface area (Å²) in [6.45, 7) is 1.31. The van der Waals surface area contributed by atoms with Gasteiger partial charge in [-0.15, -0.1) is 10.2 Å². The Hall–Kier alpha value is -3.93. The van der Waals surface area contributed by atoms with E-state index in [2.05, 4.69) is 49.2 Å². The van der Waals surface area contributed by atoms with Crippen molar-refractivity contribution in [3.8, 4) is 40.6 Å². The number of halogens is 2. The van der Waals surface area contributed by atoms with E-state index in [-0.39, 0.29) is 27.9 Å². The van der Waals surface area contributed by atoms with Crippen LogP contribution in [0, 0.1) is 35.5 Å². The molecule has 2 aliphatic rings. The first-order valence-electron chi connectivity index (χ1n) is 12.1. The summed E-state index contributed by atoms with van der Waals surface area (Å²) in [6, 6.07) is 2.81. The number of methoxy groups -OCH3 is 1. The molecular formula is C27H23F2N5O3S. The number of hydrogen-bond acceptors (Lipinski definition) is 8. The molecule has 1 aliphatic heterocycles. The molecule has 0 aromatic carbocycles. The second kappa shape index (κ2) is 11.6. The number of carbonyl (C=O) groups is 1. The van der Waals surface area contributed by atoms with Crippen LogP contribution in [0.1, 0.15) is 58.9 Å². The predicted molar refractivity (Wildman–Crippen MR) is 137 cm³/mol. The number of pyridine rings is 2. The fourth-order valence-corrected chi connectivity index (χ4v) is 4.38. The SMILES string of the molecule is COc1cnc(C(F)F)cc1-c1cc(C#CC2CCOCC2)ncc1C(=O)Nc1nnc(C#CC2CC2)s1. The van der Waals surface area contributed by atoms with Gasteiger partial charge >= 0.3 is 0 Å². The lowest BCUT2D eigenvalue weighted by molar-refractivity contribution is 0.0807. The van der Waals surface area contributed by atoms with E-state index in [0.29, 0.717) is 35.4 Å². The van der Waals surface area contributed by atoms with Crippen molar-refractivity contribution in [3.63, 3.8) is 0 Å². The smallest absolute Gasteiger partial charge is 0.280 e. The summed E-state index contributed by atoms with van der Waals surface area (Å²) in [5.74, 6) is 12.6. The van der Waals surface area contributed by atoms with Crippen LogP contribution in [0.5, 0.6) is 5.75 Å². The second-order valence-electron chi connectivity index (χ2n) is 8.79. The molecule has 0 spiro atoms. The standard InChI is InChI=1S/C27H23F2N5O3S/c1-36-23-15-31-22(25(28)29)13-20(23)19-12-18(6-4-17-8-10-37-11-9-17)30-14-21(19)26(35)32-27-34-33-24(38-27)7-5-16-2-3-16/h12-17,25H,2-3,8-11H2,1H3,(H,32,34,35). The van der Waals surface area contributed by atoms with E-state index in [0.717, 1.165) is 37.0 Å². The number of alkyl halides is 2. The van der Waals surface area contributed by atoms with Crippen molar-refractivity contribution in [1.82, 2.24) is 20.2 Å². The summed E-state index contributed by atoms with van der Waals surface area (Å²) >= 11 is 1.15. The molecule has 4 heterocycles. The number of carbonyl (C=O) groups excluding carboxylic acids is 1. The highest BCUT2D eigenvalue weighted by Crippen LogP contribution is 2.35. The molecule has 194 valence electrons. The van der Waals surface area contributed by atoms with Gasteiger partial charge in [-0.05, 0) is 49.7 Å². The van der Waals surface area contributed by atoms with Crippen LogP contribution in [0.4, 0.5) is 13.9 Å². The Balaban J connectivity index is 1.50. The first-order valence-corrected chi connectivity index (χ1v) is 12.9. The van der Waals surface area contributed by atoms with Gasteiger partial charge in [0.1, 0.15) is 17.1 Å². The van der Waals surface area contributed by atoms with Gasteiger partial charge in [0.15, 0.2) is 5.01 Å². The van der Waals surface area contributed by atoms with E-state index in [1.165, 1.54) is 25.6 Å². The monoisotopic (exact) mass is 535 g/mol. The van der Waals surface area contributed by atoms with Crippen LogP contribution in [0.15, 0.2) is 24.5 Å². The number of aromatic nitrogens is 4. The lowest BCUT2D eigenvalue weighted by Crippen LogP contribution is -2.14. The topological polar surface area (TPSA) is 99.1 Å². The molecule has 38 heavy (non-hydrogen) atoms. The third kappa shape index (κ3) is 6.31. The van der Waals surface area contributed by atoms with E-state index in [1.807, 2.05) is 0 Å². The van der Waals surface area contributed by atoms with E-state index < -0.39 is 18.0 Å². The summed E-state index contributed by atoms with van der Waals surface area (Å²) < 4.78 is 37.8. The Labute approximate surface area is 222 Å². The number of nitrogens with one attached hydrogen (secondary N) is 1. The minimum atomic E-state index is -2.80. The molecule has 2 fully saturated rings. The Morgan fingerprint density at radius 1 is 1.05 bits per heavy atom. The zero-order valence-electron chi connectivity index (χ0n) is 20.5. The van der Waals surface area contributed by atoms with Gasteiger partial charge in [-0.3, -0.25) is 15.1 Å². The summed E-state index contributed by atoms with van der Waals surface area (Å²) in [5.41, 5.74) is 0.684. The maximum absolute atomic E-state index is 13.5. The predicted octanol–water partition coefficient (Wildman–Crippen LogP) is 4.73. The van der Waals surface area contributed by atoms with Crippen LogP contribution in [0.25, 0.3) is 11.1 Å². The third-order valence-corrected chi connectivity index (χ3v) is 6.76. The van der Waals surface area contributed by atoms with Gasteiger partial charge in [-0.1, -0.05) is 23.2 Å². The number of anilines is 1. The molecule has 0 bridgehead atoms. The van der Waals surface area contributed by atoms with Crippen LogP contribution in [-0.2, 0) is 4.74 Å². The third-order valence-electron chi connectivity index (χ3n) is 6.00. The molecule has 1 N–H and O–H groups in total. The van der Waals surface area contributed by atoms with Gasteiger partial charge in [0.05, 0.1) is 18.9 Å². The van der Waals surface area contributed by atoms with E-state index in [1.54, 1.807) is 6.07 Å². The zero-order valence-corrected chi connectivity index (χ0v) is 21.3. The molecule has 3 aromatic heterocycles. The molecular weight excluding hydrogens is 512 g/mol. The van der Waals surface area contributed by atoms with Gasteiger partial charge in [-0.25, -0.2) is 13.8 Å². The fraction of sp³-hybridized carbons (Fsp3) is 0.370. The van der Waals surface area contributed by atoms with Gasteiger partial charge in [0, 0.05) is 42.4 Å². The molecule has 8 nitrogen and oxygen atoms in total. The van der Waals surface area contributed by atoms with Crippen molar-refractivity contribution >= 4 is 22.4 Å². The molecule has 0 atom stereocenters. The molecule has 11 heteroatoms. The number of hydrogen-bond donors (Lipinski definition) is 1. The molecule has 0 radical (unpaired) electrons. The molecule has 1 amide bonds. The quantitative estimate of drug-likeness (QED) is 0.472. The van der Waals surface area contributed by atoms with Crippen molar-refractivity contribution in [3.05, 3.63) is 46.5 Å². The van der Waals surface area contributed by atoms with Crippen molar-refractivity contribution in [2.75, 3.05) is 25.6 Å². The van der Waals surface area contributed by atoms with Gasteiger partial charge in [-0.2, -0.15) is 0 Å². The maximum atomic E-state index is 13.5. The van der Waals surface area contributed by atoms with Gasteiger partial charge in [0.2, 0.25) is 5.13 Å². The Kier molecular flexibility index (Phi) is 7.87. The molecule has 0 unspecified atom stereocenters. The molecule has 3 aromatic rings. The highest BCUT2D eigenvalue weighted by Gasteiger charge is 2.22. The second-order valence-corrected chi connectivity index (χ2v) is 9.77. The number of nitrogens with zero attached hydrogens (tertiary/aromatic N) is 4. The minimum Gasteiger partial charge on any atom is -0.494 e. The lowest BCUT2D eigenvalue weighted by Gasteiger charge is -2.16. The average molecular weight is 536 g/mol. The summed E-state index contributed by atoms with van der Waals surface area (Å²) in [6.07, 6.45) is 3.61. The van der Waals surface area contributed by atoms with Crippen LogP contribution < -0.4 is 10.1 Å². The molecule has 5 rings (SSSR count). The number of amides is 1. The Bertz CT molecular complexity index is 1460. The van der Waals surface area contributed by atoms with Crippen molar-refractivity contribution < 1.29 is 23.0 Å². The highest BCUT2D eigenvalue weighted by atomic mass is 32.1. The largest absolute Gasteiger partial charge is 0.494 e. The van der Waals surface area contributed by atoms with Crippen LogP contribution in [-0.4, -0.2) is 46.4 Å². The lowest BCUT2D eigenvalue weighted by atomic mass is 9.98. The summed E-state index contributed by atoms with van der Waals surface area (Å²) in [4.78, 5) is 21.5. The van der Waals surface area contributed by atoms with Crippen LogP contribution >= 0.6 is 11.3 Å². The number of rotatable bonds is 5. The normalized spacial score (nSPS) is 15.3. The zero-order chi connectivity index (χ0) is 26.5. The van der Waals surface area contributed by atoms with E-state index in [9.17, 15) is 13.6 Å². The van der Waals surface area contributed by atoms with Crippen molar-refractivity contribution in [1.29, 1.82) is 0 Å². The Morgan fingerprint density at radius 2 is 1.82 bits per heavy atom. The highest BCUT2D eigenvalue weighted by molar-refractivity contribution is 7.15. The Morgan fingerprint density at radius 3 is 2.55 bits per heavy atom.